The molecule has 0 aromatic carbocycles. The number of hydrogen-bond acceptors (Lipinski definition) is 18. The number of allylic oxidation sites excluding steroid dienone is 13. The topological polar surface area (TPSA) is 307 Å². The van der Waals surface area contributed by atoms with Crippen LogP contribution in [0.5, 0.6) is 0 Å². The molecule has 3 fully saturated rings. The van der Waals surface area contributed by atoms with E-state index < -0.39 is 124 Å². The number of unbranched alkanes of at least 4 members (excludes halogenated alkanes) is 6. The molecule has 17 atom stereocenters. The van der Waals surface area contributed by atoms with Crippen molar-refractivity contribution in [3.8, 4) is 0 Å². The van der Waals surface area contributed by atoms with E-state index in [0.717, 1.165) is 77.0 Å². The number of aliphatic hydroxyl groups excluding tert-OH is 11. The molecule has 3 rings (SSSR count). The zero-order valence-corrected chi connectivity index (χ0v) is 42.1. The minimum Gasteiger partial charge on any atom is -0.394 e. The first kappa shape index (κ1) is 63.3. The summed E-state index contributed by atoms with van der Waals surface area (Å²) in [7, 11) is 0. The van der Waals surface area contributed by atoms with Gasteiger partial charge in [-0.15, -0.1) is 0 Å². The van der Waals surface area contributed by atoms with Gasteiger partial charge in [0.15, 0.2) is 18.9 Å². The zero-order valence-electron chi connectivity index (χ0n) is 42.1. The first-order chi connectivity index (χ1) is 34.8. The fourth-order valence-corrected chi connectivity index (χ4v) is 8.12. The number of rotatable bonds is 34. The van der Waals surface area contributed by atoms with Crippen LogP contribution in [0, 0.1) is 0 Å². The summed E-state index contributed by atoms with van der Waals surface area (Å²) in [6.45, 7) is 1.36. The van der Waals surface area contributed by atoms with Gasteiger partial charge in [-0.2, -0.15) is 0 Å². The van der Waals surface area contributed by atoms with Crippen LogP contribution in [0.1, 0.15) is 110 Å². The summed E-state index contributed by atoms with van der Waals surface area (Å²) in [5, 5.41) is 119. The molecule has 19 heteroatoms. The highest BCUT2D eigenvalue weighted by molar-refractivity contribution is 5.76. The smallest absolute Gasteiger partial charge is 0.220 e. The Hall–Kier alpha value is -3.03. The van der Waals surface area contributed by atoms with Gasteiger partial charge in [0.1, 0.15) is 73.2 Å². The van der Waals surface area contributed by atoms with Crippen molar-refractivity contribution in [2.24, 2.45) is 0 Å². The van der Waals surface area contributed by atoms with Crippen LogP contribution in [0.15, 0.2) is 85.1 Å². The lowest BCUT2D eigenvalue weighted by Gasteiger charge is -2.48. The molecule has 3 aliphatic rings. The predicted molar refractivity (Wildman–Crippen MR) is 268 cm³/mol. The van der Waals surface area contributed by atoms with Crippen LogP contribution in [0.25, 0.3) is 0 Å². The van der Waals surface area contributed by atoms with Crippen LogP contribution in [0.4, 0.5) is 0 Å². The standard InChI is InChI=1S/C53H87NO18/c1-3-5-7-9-10-11-12-13-14-15-16-17-18-19-20-21-22-23-24-25-26-27-29-31-41(59)54-36(37(58)30-28-8-6-4-2)35-67-51-47(65)44(62)49(39(33-56)69-51)72-53-48(66)45(63)50(40(34-57)70-53)71-52-46(64)43(61)42(60)38(32-55)68-52/h5,7,10-11,13-14,16-17,19-20,22-23,28,30,36-40,42-53,55-58,60-66H,3-4,6,8-9,12,15,18,21,24-27,29,31-35H2,1-2H3,(H,54,59)/b7-5-,11-10-,14-13-,17-16-,20-19-,23-22-,30-28+. The first-order valence-corrected chi connectivity index (χ1v) is 25.8. The summed E-state index contributed by atoms with van der Waals surface area (Å²) in [5.41, 5.74) is 0. The van der Waals surface area contributed by atoms with Crippen molar-refractivity contribution < 1.29 is 89.4 Å². The molecule has 0 aromatic rings. The fraction of sp³-hybridized carbons (Fsp3) is 0.717. The van der Waals surface area contributed by atoms with Gasteiger partial charge in [-0.25, -0.2) is 0 Å². The van der Waals surface area contributed by atoms with Crippen LogP contribution < -0.4 is 5.32 Å². The third-order valence-corrected chi connectivity index (χ3v) is 12.4. The van der Waals surface area contributed by atoms with Gasteiger partial charge in [-0.05, 0) is 64.2 Å². The Kier molecular flexibility index (Phi) is 32.4. The molecule has 3 aliphatic heterocycles. The van der Waals surface area contributed by atoms with Gasteiger partial charge in [0.05, 0.1) is 38.6 Å². The first-order valence-electron chi connectivity index (χ1n) is 25.8. The quantitative estimate of drug-likeness (QED) is 0.0324. The molecule has 0 aromatic heterocycles. The molecular formula is C53H87NO18. The second-order valence-electron chi connectivity index (χ2n) is 18.2. The molecule has 0 saturated carbocycles. The summed E-state index contributed by atoms with van der Waals surface area (Å²) < 4.78 is 33.9. The maximum Gasteiger partial charge on any atom is 0.220 e. The minimum absolute atomic E-state index is 0.205. The number of carbonyl (C=O) groups excluding carboxylic acids is 1. The van der Waals surface area contributed by atoms with Gasteiger partial charge in [0.25, 0.3) is 0 Å². The summed E-state index contributed by atoms with van der Waals surface area (Å²) in [6.07, 6.45) is 15.3. The molecule has 12 N–H and O–H groups in total. The Morgan fingerprint density at radius 2 is 0.958 bits per heavy atom. The Morgan fingerprint density at radius 3 is 1.47 bits per heavy atom. The second-order valence-corrected chi connectivity index (χ2v) is 18.2. The Bertz CT molecular complexity index is 1650. The minimum atomic E-state index is -1.98. The Morgan fingerprint density at radius 1 is 0.514 bits per heavy atom. The highest BCUT2D eigenvalue weighted by Gasteiger charge is 2.53. The van der Waals surface area contributed by atoms with E-state index in [1.165, 1.54) is 0 Å². The van der Waals surface area contributed by atoms with Crippen molar-refractivity contribution >= 4 is 5.91 Å². The third-order valence-electron chi connectivity index (χ3n) is 12.4. The highest BCUT2D eigenvalue weighted by atomic mass is 16.8. The average molecular weight is 1030 g/mol. The monoisotopic (exact) mass is 1030 g/mol. The van der Waals surface area contributed by atoms with Crippen LogP contribution in [0.3, 0.4) is 0 Å². The maximum absolute atomic E-state index is 13.1. The lowest BCUT2D eigenvalue weighted by molar-refractivity contribution is -0.379. The molecule has 19 nitrogen and oxygen atoms in total. The van der Waals surface area contributed by atoms with Crippen LogP contribution in [-0.4, -0.2) is 193 Å². The van der Waals surface area contributed by atoms with Gasteiger partial charge >= 0.3 is 0 Å². The van der Waals surface area contributed by atoms with Crippen molar-refractivity contribution in [3.05, 3.63) is 85.1 Å². The van der Waals surface area contributed by atoms with Gasteiger partial charge < -0.3 is 89.9 Å². The third kappa shape index (κ3) is 22.0. The number of nitrogens with one attached hydrogen (secondary N) is 1. The number of amides is 1. The molecule has 412 valence electrons. The number of aliphatic hydroxyl groups is 11. The van der Waals surface area contributed by atoms with Gasteiger partial charge in [-0.1, -0.05) is 125 Å². The largest absolute Gasteiger partial charge is 0.394 e. The van der Waals surface area contributed by atoms with E-state index in [1.807, 2.05) is 6.92 Å². The SMILES string of the molecule is CC/C=C\C/C=C\C/C=C\C/C=C\C/C=C\C/C=C\CCCCCCC(=O)NC(COC1OC(CO)C(OC2OC(CO)C(OC3OC(CO)C(O)C(O)C3O)C(O)C2O)C(O)C1O)C(O)/C=C/CCCC. The van der Waals surface area contributed by atoms with Crippen molar-refractivity contribution in [2.75, 3.05) is 26.4 Å². The fourth-order valence-electron chi connectivity index (χ4n) is 8.12. The van der Waals surface area contributed by atoms with E-state index in [9.17, 15) is 61.0 Å². The molecule has 0 bridgehead atoms. The molecule has 3 heterocycles. The lowest BCUT2D eigenvalue weighted by Crippen LogP contribution is -2.66. The van der Waals surface area contributed by atoms with Crippen molar-refractivity contribution in [1.82, 2.24) is 5.32 Å². The van der Waals surface area contributed by atoms with Gasteiger partial charge in [0, 0.05) is 6.42 Å². The summed E-state index contributed by atoms with van der Waals surface area (Å²) in [5.74, 6) is -0.316. The maximum atomic E-state index is 13.1. The number of hydrogen-bond donors (Lipinski definition) is 12. The molecular weight excluding hydrogens is 939 g/mol. The van der Waals surface area contributed by atoms with E-state index in [2.05, 4.69) is 85.2 Å². The lowest BCUT2D eigenvalue weighted by atomic mass is 9.96. The number of ether oxygens (including phenoxy) is 6. The van der Waals surface area contributed by atoms with Crippen molar-refractivity contribution in [2.45, 2.75) is 214 Å². The van der Waals surface area contributed by atoms with E-state index in [0.29, 0.717) is 12.8 Å². The molecule has 0 aliphatic carbocycles. The van der Waals surface area contributed by atoms with Crippen molar-refractivity contribution in [3.63, 3.8) is 0 Å². The molecule has 17 unspecified atom stereocenters. The van der Waals surface area contributed by atoms with Crippen molar-refractivity contribution in [1.29, 1.82) is 0 Å². The summed E-state index contributed by atoms with van der Waals surface area (Å²) in [6, 6.07) is -0.987. The Balaban J connectivity index is 1.44. The van der Waals surface area contributed by atoms with Crippen LogP contribution in [-0.2, 0) is 33.2 Å². The molecule has 3 saturated heterocycles. The molecule has 1 amide bonds. The molecule has 0 radical (unpaired) electrons. The van der Waals surface area contributed by atoms with Gasteiger partial charge in [-0.3, -0.25) is 4.79 Å². The van der Waals surface area contributed by atoms with Crippen LogP contribution in [0.2, 0.25) is 0 Å². The summed E-state index contributed by atoms with van der Waals surface area (Å²) in [4.78, 5) is 13.1. The van der Waals surface area contributed by atoms with Gasteiger partial charge in [0.2, 0.25) is 5.91 Å². The number of carbonyl (C=O) groups is 1. The predicted octanol–water partition coefficient (Wildman–Crippen LogP) is 2.08. The normalized spacial score (nSPS) is 32.7. The van der Waals surface area contributed by atoms with Crippen LogP contribution >= 0.6 is 0 Å². The van der Waals surface area contributed by atoms with E-state index >= 15 is 0 Å². The van der Waals surface area contributed by atoms with E-state index in [-0.39, 0.29) is 18.9 Å². The Labute approximate surface area is 425 Å². The second kappa shape index (κ2) is 36.8. The average Bonchev–Trinajstić information content (AvgIpc) is 3.38. The molecule has 72 heavy (non-hydrogen) atoms. The summed E-state index contributed by atoms with van der Waals surface area (Å²) >= 11 is 0. The highest BCUT2D eigenvalue weighted by Crippen LogP contribution is 2.33. The molecule has 0 spiro atoms. The van der Waals surface area contributed by atoms with E-state index in [4.69, 9.17) is 28.4 Å². The zero-order chi connectivity index (χ0) is 52.7. The van der Waals surface area contributed by atoms with E-state index in [1.54, 1.807) is 12.2 Å².